The van der Waals surface area contributed by atoms with Crippen molar-refractivity contribution in [2.75, 3.05) is 5.01 Å². The van der Waals surface area contributed by atoms with Crippen molar-refractivity contribution in [2.24, 2.45) is 10.2 Å². The van der Waals surface area contributed by atoms with Gasteiger partial charge in [0.1, 0.15) is 0 Å². The summed E-state index contributed by atoms with van der Waals surface area (Å²) in [5.41, 5.74) is 4.62. The Morgan fingerprint density at radius 1 is 1.00 bits per heavy atom. The number of azo groups is 1. The Hall–Kier alpha value is -3.45. The fourth-order valence-electron chi connectivity index (χ4n) is 2.97. The average Bonchev–Trinajstić information content (AvgIpc) is 3.28. The molecule has 0 fully saturated rings. The molecule has 1 aliphatic heterocycles. The normalized spacial score (nSPS) is 20.3. The summed E-state index contributed by atoms with van der Waals surface area (Å²) in [5, 5.41) is 27.9. The number of nitrogens with zero attached hydrogens (tertiary/aromatic N) is 4. The van der Waals surface area contributed by atoms with Gasteiger partial charge in [-0.15, -0.1) is 5.11 Å². The smallest absolute Gasteiger partial charge is 0.214 e. The quantitative estimate of drug-likeness (QED) is 0.619. The number of hydrogen-bond acceptors (Lipinski definition) is 6. The highest BCUT2D eigenvalue weighted by molar-refractivity contribution is 5.80. The maximum atomic E-state index is 11.0. The Bertz CT molecular complexity index is 937. The fraction of sp³-hybridized carbons (Fsp3) is 0.105. The molecule has 0 aliphatic carbocycles. The number of hydrazine groups is 1. The predicted molar refractivity (Wildman–Crippen MR) is 99.6 cm³/mol. The van der Waals surface area contributed by atoms with Crippen molar-refractivity contribution in [1.82, 2.24) is 15.6 Å². The van der Waals surface area contributed by atoms with E-state index in [4.69, 9.17) is 0 Å². The molecular weight excluding hydrogens is 328 g/mol. The second kappa shape index (κ2) is 6.45. The summed E-state index contributed by atoms with van der Waals surface area (Å²) in [7, 11) is 0. The number of rotatable bonds is 4. The van der Waals surface area contributed by atoms with Gasteiger partial charge in [0.2, 0.25) is 5.88 Å². The number of aliphatic hydroxyl groups is 1. The number of aromatic amines is 1. The monoisotopic (exact) mass is 346 g/mol. The van der Waals surface area contributed by atoms with E-state index in [1.165, 1.54) is 0 Å². The SMILES string of the molecule is C[C@@]1(N=Nc2ccn[nH]2)NN(c2ccccc2)C(O)=C1c1ccccc1. The van der Waals surface area contributed by atoms with Crippen molar-refractivity contribution in [3.8, 4) is 0 Å². The zero-order chi connectivity index (χ0) is 18.0. The summed E-state index contributed by atoms with van der Waals surface area (Å²) in [5.74, 6) is 0.631. The zero-order valence-corrected chi connectivity index (χ0v) is 14.2. The lowest BCUT2D eigenvalue weighted by atomic mass is 9.96. The fourth-order valence-corrected chi connectivity index (χ4v) is 2.97. The first-order valence-electron chi connectivity index (χ1n) is 8.22. The second-order valence-electron chi connectivity index (χ2n) is 6.06. The summed E-state index contributed by atoms with van der Waals surface area (Å²) in [6, 6.07) is 20.9. The van der Waals surface area contributed by atoms with Crippen molar-refractivity contribution in [1.29, 1.82) is 0 Å². The molecule has 4 rings (SSSR count). The highest BCUT2D eigenvalue weighted by atomic mass is 16.3. The van der Waals surface area contributed by atoms with Crippen LogP contribution in [0, 0.1) is 0 Å². The maximum absolute atomic E-state index is 11.0. The zero-order valence-electron chi connectivity index (χ0n) is 14.2. The van der Waals surface area contributed by atoms with Crippen molar-refractivity contribution >= 4 is 17.1 Å². The minimum atomic E-state index is -0.952. The molecule has 0 amide bonds. The van der Waals surface area contributed by atoms with Crippen molar-refractivity contribution in [2.45, 2.75) is 12.6 Å². The first-order chi connectivity index (χ1) is 12.7. The Morgan fingerprint density at radius 3 is 2.35 bits per heavy atom. The van der Waals surface area contributed by atoms with Crippen LogP contribution in [0.4, 0.5) is 11.5 Å². The van der Waals surface area contributed by atoms with Crippen LogP contribution in [0.25, 0.3) is 5.57 Å². The number of para-hydroxylation sites is 1. The van der Waals surface area contributed by atoms with E-state index < -0.39 is 5.66 Å². The molecule has 2 heterocycles. The topological polar surface area (TPSA) is 88.9 Å². The number of aromatic nitrogens is 2. The molecule has 7 nitrogen and oxygen atoms in total. The first kappa shape index (κ1) is 16.0. The van der Waals surface area contributed by atoms with E-state index in [0.29, 0.717) is 11.4 Å². The van der Waals surface area contributed by atoms with Gasteiger partial charge in [0.25, 0.3) is 0 Å². The van der Waals surface area contributed by atoms with E-state index in [2.05, 4.69) is 25.9 Å². The molecule has 7 heteroatoms. The van der Waals surface area contributed by atoms with Gasteiger partial charge in [0.15, 0.2) is 11.5 Å². The lowest BCUT2D eigenvalue weighted by Gasteiger charge is -2.24. The number of benzene rings is 2. The van der Waals surface area contributed by atoms with E-state index in [0.717, 1.165) is 11.3 Å². The molecule has 3 N–H and O–H groups in total. The Kier molecular flexibility index (Phi) is 3.98. The van der Waals surface area contributed by atoms with Gasteiger partial charge in [0.05, 0.1) is 17.5 Å². The number of anilines is 1. The molecule has 0 saturated heterocycles. The molecule has 0 bridgehead atoms. The van der Waals surface area contributed by atoms with Crippen LogP contribution >= 0.6 is 0 Å². The molecular formula is C19H18N6O. The predicted octanol–water partition coefficient (Wildman–Crippen LogP) is 4.16. The summed E-state index contributed by atoms with van der Waals surface area (Å²) in [6.45, 7) is 1.87. The van der Waals surface area contributed by atoms with Crippen molar-refractivity contribution in [3.63, 3.8) is 0 Å². The lowest BCUT2D eigenvalue weighted by Crippen LogP contribution is -2.44. The molecule has 1 atom stereocenters. The van der Waals surface area contributed by atoms with Crippen LogP contribution in [-0.4, -0.2) is 21.0 Å². The van der Waals surface area contributed by atoms with Gasteiger partial charge in [-0.3, -0.25) is 5.10 Å². The third-order valence-corrected chi connectivity index (χ3v) is 4.17. The largest absolute Gasteiger partial charge is 0.493 e. The molecule has 0 saturated carbocycles. The van der Waals surface area contributed by atoms with Crippen molar-refractivity contribution in [3.05, 3.63) is 84.4 Å². The van der Waals surface area contributed by atoms with Crippen LogP contribution in [-0.2, 0) is 0 Å². The van der Waals surface area contributed by atoms with Gasteiger partial charge in [-0.2, -0.15) is 15.6 Å². The lowest BCUT2D eigenvalue weighted by molar-refractivity contribution is 0.382. The Morgan fingerprint density at radius 2 is 1.69 bits per heavy atom. The summed E-state index contributed by atoms with van der Waals surface area (Å²) < 4.78 is 0. The molecule has 130 valence electrons. The van der Waals surface area contributed by atoms with Crippen molar-refractivity contribution < 1.29 is 5.11 Å². The third-order valence-electron chi connectivity index (χ3n) is 4.17. The maximum Gasteiger partial charge on any atom is 0.214 e. The standard InChI is InChI=1S/C19H18N6O/c1-19(23-22-16-12-13-20-21-16)17(14-8-4-2-5-9-14)18(26)25(24-19)15-10-6-3-7-11-15/h2-13,24,26H,1H3,(H,20,21)/t19-/m1/s1. The van der Waals surface area contributed by atoms with Crippen LogP contribution in [0.3, 0.4) is 0 Å². The highest BCUT2D eigenvalue weighted by Crippen LogP contribution is 2.39. The van der Waals surface area contributed by atoms with Crippen LogP contribution in [0.15, 0.2) is 89.0 Å². The molecule has 0 spiro atoms. The van der Waals surface area contributed by atoms with Crippen LogP contribution in [0.5, 0.6) is 0 Å². The van der Waals surface area contributed by atoms with Crippen LogP contribution in [0.1, 0.15) is 12.5 Å². The van der Waals surface area contributed by atoms with Crippen LogP contribution in [0.2, 0.25) is 0 Å². The summed E-state index contributed by atoms with van der Waals surface area (Å²) in [6.07, 6.45) is 1.61. The van der Waals surface area contributed by atoms with Crippen LogP contribution < -0.4 is 10.4 Å². The third kappa shape index (κ3) is 2.84. The molecule has 1 aliphatic rings. The average molecular weight is 346 g/mol. The van der Waals surface area contributed by atoms with Gasteiger partial charge in [0, 0.05) is 6.07 Å². The van der Waals surface area contributed by atoms with Gasteiger partial charge >= 0.3 is 0 Å². The minimum absolute atomic E-state index is 0.0912. The van der Waals surface area contributed by atoms with E-state index >= 15 is 0 Å². The van der Waals surface area contributed by atoms with Gasteiger partial charge in [-0.05, 0) is 24.6 Å². The Labute approximate surface area is 150 Å². The van der Waals surface area contributed by atoms with Gasteiger partial charge in [-0.1, -0.05) is 48.5 Å². The molecule has 0 unspecified atom stereocenters. The summed E-state index contributed by atoms with van der Waals surface area (Å²) >= 11 is 0. The van der Waals surface area contributed by atoms with E-state index in [1.54, 1.807) is 17.3 Å². The number of aliphatic hydroxyl groups excluding tert-OH is 1. The highest BCUT2D eigenvalue weighted by Gasteiger charge is 2.43. The number of hydrogen-bond donors (Lipinski definition) is 3. The molecule has 26 heavy (non-hydrogen) atoms. The molecule has 0 radical (unpaired) electrons. The number of H-pyrrole nitrogens is 1. The molecule has 1 aromatic heterocycles. The summed E-state index contributed by atoms with van der Waals surface area (Å²) in [4.78, 5) is 0. The minimum Gasteiger partial charge on any atom is -0.493 e. The molecule has 2 aromatic carbocycles. The van der Waals surface area contributed by atoms with E-state index in [1.807, 2.05) is 67.6 Å². The first-order valence-corrected chi connectivity index (χ1v) is 8.22. The Balaban J connectivity index is 1.80. The number of nitrogens with one attached hydrogen (secondary N) is 2. The second-order valence-corrected chi connectivity index (χ2v) is 6.06. The van der Waals surface area contributed by atoms with Gasteiger partial charge in [-0.25, -0.2) is 5.01 Å². The van der Waals surface area contributed by atoms with E-state index in [9.17, 15) is 5.11 Å². The van der Waals surface area contributed by atoms with Gasteiger partial charge < -0.3 is 5.11 Å². The van der Waals surface area contributed by atoms with E-state index in [-0.39, 0.29) is 5.88 Å². The molecule has 3 aromatic rings.